The number of H-pyrrole nitrogens is 1. The number of rotatable bonds is 16. The van der Waals surface area contributed by atoms with E-state index in [-0.39, 0.29) is 31.1 Å². The van der Waals surface area contributed by atoms with Gasteiger partial charge in [0.2, 0.25) is 12.2 Å². The van der Waals surface area contributed by atoms with Crippen molar-refractivity contribution in [2.24, 2.45) is 5.73 Å². The molecular weight excluding hydrogens is 453 g/mol. The monoisotopic (exact) mass is 477 g/mol. The smallest absolute Gasteiger partial charge is 0.461 e. The Morgan fingerprint density at radius 2 is 1.97 bits per heavy atom. The van der Waals surface area contributed by atoms with Crippen LogP contribution in [0.15, 0.2) is 29.7 Å². The Hall–Kier alpha value is -3.03. The first-order valence-electron chi connectivity index (χ1n) is 8.88. The highest BCUT2D eigenvalue weighted by atomic mass is 31.2. The van der Waals surface area contributed by atoms with Gasteiger partial charge in [-0.25, -0.2) is 4.79 Å². The predicted molar refractivity (Wildman–Crippen MR) is 108 cm³/mol. The number of aromatic nitrogens is 1. The molecule has 178 valence electrons. The molecular formula is C17H24N3O11P. The van der Waals surface area contributed by atoms with Gasteiger partial charge in [-0.1, -0.05) is 6.08 Å². The average Bonchev–Trinajstić information content (AvgIpc) is 2.79. The van der Waals surface area contributed by atoms with Crippen molar-refractivity contribution in [1.82, 2.24) is 9.88 Å². The van der Waals surface area contributed by atoms with Gasteiger partial charge in [0, 0.05) is 18.8 Å². The Labute approximate surface area is 184 Å². The second kappa shape index (κ2) is 15.7. The lowest BCUT2D eigenvalue weighted by Crippen LogP contribution is -2.38. The summed E-state index contributed by atoms with van der Waals surface area (Å²) in [5.74, 6) is -0.887. The summed E-state index contributed by atoms with van der Waals surface area (Å²) in [6, 6.07) is 1.15. The molecule has 0 radical (unpaired) electrons. The first-order valence-corrected chi connectivity index (χ1v) is 9.97. The summed E-state index contributed by atoms with van der Waals surface area (Å²) in [5, 5.41) is 0. The van der Waals surface area contributed by atoms with Gasteiger partial charge in [0.25, 0.3) is 12.4 Å². The minimum Gasteiger partial charge on any atom is -0.461 e. The van der Waals surface area contributed by atoms with Crippen LogP contribution >= 0.6 is 8.60 Å². The first-order chi connectivity index (χ1) is 15.5. The Morgan fingerprint density at radius 1 is 1.25 bits per heavy atom. The molecule has 1 aromatic heterocycles. The van der Waals surface area contributed by atoms with Crippen LogP contribution in [0.1, 0.15) is 16.9 Å². The van der Waals surface area contributed by atoms with Crippen molar-refractivity contribution in [3.8, 4) is 5.75 Å². The number of methoxy groups -OCH3 is 1. The molecule has 0 aliphatic heterocycles. The van der Waals surface area contributed by atoms with Gasteiger partial charge in [-0.05, 0) is 6.42 Å². The number of aromatic amines is 1. The fourth-order valence-corrected chi connectivity index (χ4v) is 2.61. The van der Waals surface area contributed by atoms with Crippen LogP contribution in [0.25, 0.3) is 0 Å². The molecule has 15 heteroatoms. The zero-order valence-electron chi connectivity index (χ0n) is 17.2. The first kappa shape index (κ1) is 27.0. The molecule has 1 atom stereocenters. The maximum atomic E-state index is 12.7. The third-order valence-corrected chi connectivity index (χ3v) is 4.34. The van der Waals surface area contributed by atoms with E-state index >= 15 is 0 Å². The molecule has 0 saturated carbocycles. The average molecular weight is 477 g/mol. The number of carbonyl (C=O) groups excluding carboxylic acids is 3. The molecule has 32 heavy (non-hydrogen) atoms. The predicted octanol–water partition coefficient (Wildman–Crippen LogP) is 0.793. The van der Waals surface area contributed by atoms with Gasteiger partial charge >= 0.3 is 14.8 Å². The van der Waals surface area contributed by atoms with Crippen molar-refractivity contribution >= 4 is 27.1 Å². The highest BCUT2D eigenvalue weighted by Gasteiger charge is 2.22. The Balaban J connectivity index is 2.80. The minimum atomic E-state index is -2.24. The van der Waals surface area contributed by atoms with E-state index in [2.05, 4.69) is 25.8 Å². The minimum absolute atomic E-state index is 0.0938. The number of hydrogen-bond acceptors (Lipinski definition) is 12. The summed E-state index contributed by atoms with van der Waals surface area (Å²) in [5.41, 5.74) is 4.88. The quantitative estimate of drug-likeness (QED) is 0.0855. The largest absolute Gasteiger partial charge is 0.510 e. The van der Waals surface area contributed by atoms with Crippen molar-refractivity contribution in [2.75, 3.05) is 40.7 Å². The van der Waals surface area contributed by atoms with Crippen LogP contribution in [0.3, 0.4) is 0 Å². The van der Waals surface area contributed by atoms with Crippen LogP contribution in [0.2, 0.25) is 0 Å². The van der Waals surface area contributed by atoms with E-state index in [0.29, 0.717) is 6.42 Å². The fourth-order valence-electron chi connectivity index (χ4n) is 1.97. The normalized spacial score (nSPS) is 11.2. The van der Waals surface area contributed by atoms with Crippen molar-refractivity contribution in [3.63, 3.8) is 0 Å². The van der Waals surface area contributed by atoms with Crippen LogP contribution < -0.4 is 15.9 Å². The van der Waals surface area contributed by atoms with Crippen molar-refractivity contribution in [1.29, 1.82) is 0 Å². The van der Waals surface area contributed by atoms with Crippen LogP contribution in [0.5, 0.6) is 5.75 Å². The third-order valence-electron chi connectivity index (χ3n) is 3.39. The van der Waals surface area contributed by atoms with Crippen LogP contribution in [0.4, 0.5) is 4.79 Å². The standard InChI is InChI=1S/C17H24N3O11P/c1-3-4-7-20(8-18)16(23)14-15(13(22)5-6-19-14)27-11-30-32(29-10-26-9-21)31-12-28-17(24)25-2/h3,5-6,9H,1,4,7-8,10-12,18H2,2H3,(H,19,22). The number of carbonyl (C=O) groups is 3. The summed E-state index contributed by atoms with van der Waals surface area (Å²) >= 11 is 0. The van der Waals surface area contributed by atoms with Crippen LogP contribution in [-0.2, 0) is 32.6 Å². The van der Waals surface area contributed by atoms with E-state index < -0.39 is 46.5 Å². The number of nitrogens with one attached hydrogen (secondary N) is 1. The molecule has 1 aromatic rings. The van der Waals surface area contributed by atoms with Gasteiger partial charge < -0.3 is 34.6 Å². The van der Waals surface area contributed by atoms with E-state index in [1.807, 2.05) is 0 Å². The molecule has 0 aliphatic carbocycles. The lowest BCUT2D eigenvalue weighted by molar-refractivity contribution is -0.135. The van der Waals surface area contributed by atoms with Gasteiger partial charge in [0.15, 0.2) is 25.0 Å². The third kappa shape index (κ3) is 9.41. The van der Waals surface area contributed by atoms with Crippen molar-refractivity contribution in [3.05, 3.63) is 40.8 Å². The van der Waals surface area contributed by atoms with E-state index in [1.54, 1.807) is 6.08 Å². The van der Waals surface area contributed by atoms with Crippen molar-refractivity contribution in [2.45, 2.75) is 6.42 Å². The number of nitrogens with two attached hydrogens (primary N) is 1. The maximum absolute atomic E-state index is 12.7. The van der Waals surface area contributed by atoms with E-state index in [1.165, 1.54) is 11.1 Å². The summed E-state index contributed by atoms with van der Waals surface area (Å²) in [7, 11) is -1.14. The van der Waals surface area contributed by atoms with E-state index in [9.17, 15) is 19.2 Å². The van der Waals surface area contributed by atoms with Gasteiger partial charge in [-0.15, -0.1) is 6.58 Å². The van der Waals surface area contributed by atoms with Gasteiger partial charge in [-0.2, -0.15) is 0 Å². The molecule has 0 saturated heterocycles. The molecule has 0 aromatic carbocycles. The SMILES string of the molecule is C=CCCN(CN)C(=O)c1[nH]ccc(=O)c1OCOP(OCOC=O)OCOC(=O)OC. The molecule has 1 amide bonds. The van der Waals surface area contributed by atoms with E-state index in [0.717, 1.165) is 13.2 Å². The molecule has 1 rings (SSSR count). The maximum Gasteiger partial charge on any atom is 0.510 e. The highest BCUT2D eigenvalue weighted by molar-refractivity contribution is 7.41. The zero-order chi connectivity index (χ0) is 23.8. The summed E-state index contributed by atoms with van der Waals surface area (Å²) in [4.78, 5) is 50.1. The number of ether oxygens (including phenoxy) is 4. The Morgan fingerprint density at radius 3 is 2.62 bits per heavy atom. The summed E-state index contributed by atoms with van der Waals surface area (Å²) in [6.07, 6.45) is 2.38. The molecule has 0 spiro atoms. The number of amides is 1. The van der Waals surface area contributed by atoms with E-state index in [4.69, 9.17) is 24.0 Å². The molecule has 14 nitrogen and oxygen atoms in total. The Kier molecular flexibility index (Phi) is 13.3. The van der Waals surface area contributed by atoms with Crippen LogP contribution in [-0.4, -0.2) is 69.1 Å². The summed E-state index contributed by atoms with van der Waals surface area (Å²) in [6.45, 7) is 2.17. The zero-order valence-corrected chi connectivity index (χ0v) is 18.1. The van der Waals surface area contributed by atoms with Crippen molar-refractivity contribution < 1.29 is 46.9 Å². The fraction of sp³-hybridized carbons (Fsp3) is 0.412. The summed E-state index contributed by atoms with van der Waals surface area (Å²) < 4.78 is 33.7. The number of hydrogen-bond donors (Lipinski definition) is 2. The second-order valence-corrected chi connectivity index (χ2v) is 6.57. The molecule has 0 aliphatic rings. The lowest BCUT2D eigenvalue weighted by Gasteiger charge is -2.21. The van der Waals surface area contributed by atoms with Crippen LogP contribution in [0, 0.1) is 0 Å². The molecule has 0 fully saturated rings. The second-order valence-electron chi connectivity index (χ2n) is 5.34. The van der Waals surface area contributed by atoms with Gasteiger partial charge in [0.1, 0.15) is 0 Å². The molecule has 0 bridgehead atoms. The van der Waals surface area contributed by atoms with Gasteiger partial charge in [-0.3, -0.25) is 28.0 Å². The Bertz CT molecular complexity index is 804. The molecule has 3 N–H and O–H groups in total. The number of nitrogens with zero attached hydrogens (tertiary/aromatic N) is 1. The van der Waals surface area contributed by atoms with Gasteiger partial charge in [0.05, 0.1) is 13.8 Å². The highest BCUT2D eigenvalue weighted by Crippen LogP contribution is 2.39. The lowest BCUT2D eigenvalue weighted by atomic mass is 10.2. The molecule has 1 unspecified atom stereocenters. The number of pyridine rings is 1. The molecule has 1 heterocycles. The topological polar surface area (TPSA) is 178 Å².